The van der Waals surface area contributed by atoms with Gasteiger partial charge in [0.25, 0.3) is 11.7 Å². The predicted octanol–water partition coefficient (Wildman–Crippen LogP) is 1.51. The number of pyridine rings is 1. The molecule has 2 heterocycles. The van der Waals surface area contributed by atoms with Gasteiger partial charge in [0.15, 0.2) is 0 Å². The van der Waals surface area contributed by atoms with E-state index in [1.54, 1.807) is 13.3 Å². The monoisotopic (exact) mass is 383 g/mol. The number of hydrogen-bond donors (Lipinski definition) is 1. The van der Waals surface area contributed by atoms with Crippen LogP contribution in [0.4, 0.5) is 11.5 Å². The van der Waals surface area contributed by atoms with E-state index in [0.717, 1.165) is 18.9 Å². The van der Waals surface area contributed by atoms with Crippen molar-refractivity contribution in [1.29, 1.82) is 0 Å². The molecule has 1 aliphatic heterocycles. The molecule has 1 aromatic carbocycles. The van der Waals surface area contributed by atoms with E-state index in [0.29, 0.717) is 24.4 Å². The van der Waals surface area contributed by atoms with E-state index in [1.165, 1.54) is 17.7 Å². The van der Waals surface area contributed by atoms with Crippen LogP contribution in [-0.4, -0.2) is 51.7 Å². The Balaban J connectivity index is 1.75. The molecule has 0 atom stereocenters. The first-order valence-electron chi connectivity index (χ1n) is 9.58. The largest absolute Gasteiger partial charge is 0.383 e. The predicted molar refractivity (Wildman–Crippen MR) is 107 cm³/mol. The van der Waals surface area contributed by atoms with E-state index in [9.17, 15) is 9.59 Å². The molecule has 1 saturated heterocycles. The SMILES string of the molecule is COCCNC(=O)CN(C(=O)c1ccc(N2CCCC2)[nH+]c1)c1ccccc1. The molecule has 0 radical (unpaired) electrons. The zero-order valence-electron chi connectivity index (χ0n) is 16.2. The molecule has 1 fully saturated rings. The average Bonchev–Trinajstić information content (AvgIpc) is 3.27. The maximum Gasteiger partial charge on any atom is 0.274 e. The minimum atomic E-state index is -0.230. The molecule has 2 aromatic rings. The van der Waals surface area contributed by atoms with E-state index in [2.05, 4.69) is 15.2 Å². The molecule has 0 saturated carbocycles. The van der Waals surface area contributed by atoms with Crippen molar-refractivity contribution in [3.8, 4) is 0 Å². The zero-order valence-corrected chi connectivity index (χ0v) is 16.2. The Labute approximate surface area is 165 Å². The fraction of sp³-hybridized carbons (Fsp3) is 0.381. The van der Waals surface area contributed by atoms with Crippen LogP contribution in [-0.2, 0) is 9.53 Å². The first kappa shape index (κ1) is 19.8. The van der Waals surface area contributed by atoms with Gasteiger partial charge in [-0.3, -0.25) is 19.4 Å². The van der Waals surface area contributed by atoms with Crippen LogP contribution < -0.4 is 20.1 Å². The molecular weight excluding hydrogens is 356 g/mol. The number of H-pyrrole nitrogens is 1. The summed E-state index contributed by atoms with van der Waals surface area (Å²) in [4.78, 5) is 32.4. The summed E-state index contributed by atoms with van der Waals surface area (Å²) in [6, 6.07) is 13.0. The normalized spacial score (nSPS) is 13.4. The Bertz CT molecular complexity index is 774. The lowest BCUT2D eigenvalue weighted by atomic mass is 10.2. The van der Waals surface area contributed by atoms with Crippen LogP contribution in [0.15, 0.2) is 48.7 Å². The van der Waals surface area contributed by atoms with E-state index in [1.807, 2.05) is 42.5 Å². The number of aromatic nitrogens is 1. The van der Waals surface area contributed by atoms with Crippen molar-refractivity contribution in [2.45, 2.75) is 12.8 Å². The number of aromatic amines is 1. The van der Waals surface area contributed by atoms with Gasteiger partial charge >= 0.3 is 0 Å². The molecule has 1 aliphatic rings. The van der Waals surface area contributed by atoms with Crippen LogP contribution in [0.25, 0.3) is 0 Å². The lowest BCUT2D eigenvalue weighted by molar-refractivity contribution is -0.364. The summed E-state index contributed by atoms with van der Waals surface area (Å²) in [6.07, 6.45) is 4.09. The third kappa shape index (κ3) is 5.07. The summed E-state index contributed by atoms with van der Waals surface area (Å²) in [5.41, 5.74) is 1.19. The van der Waals surface area contributed by atoms with Gasteiger partial charge in [0.2, 0.25) is 5.91 Å². The van der Waals surface area contributed by atoms with Crippen molar-refractivity contribution in [3.05, 3.63) is 54.2 Å². The smallest absolute Gasteiger partial charge is 0.274 e. The molecule has 0 aliphatic carbocycles. The van der Waals surface area contributed by atoms with Crippen LogP contribution >= 0.6 is 0 Å². The minimum absolute atomic E-state index is 0.0551. The van der Waals surface area contributed by atoms with Crippen LogP contribution in [0.2, 0.25) is 0 Å². The summed E-state index contributed by atoms with van der Waals surface area (Å²) < 4.78 is 4.95. The first-order valence-corrected chi connectivity index (χ1v) is 9.58. The number of amides is 2. The minimum Gasteiger partial charge on any atom is -0.383 e. The van der Waals surface area contributed by atoms with Crippen molar-refractivity contribution in [2.24, 2.45) is 0 Å². The number of benzene rings is 1. The van der Waals surface area contributed by atoms with Crippen LogP contribution in [0.5, 0.6) is 0 Å². The van der Waals surface area contributed by atoms with Gasteiger partial charge in [0.1, 0.15) is 12.7 Å². The van der Waals surface area contributed by atoms with Crippen molar-refractivity contribution in [2.75, 3.05) is 49.7 Å². The van der Waals surface area contributed by atoms with Crippen molar-refractivity contribution in [1.82, 2.24) is 5.32 Å². The summed E-state index contributed by atoms with van der Waals surface area (Å²) in [5.74, 6) is 0.557. The number of para-hydroxylation sites is 1. The average molecular weight is 383 g/mol. The second-order valence-electron chi connectivity index (χ2n) is 6.73. The second-order valence-corrected chi connectivity index (χ2v) is 6.73. The highest BCUT2D eigenvalue weighted by Crippen LogP contribution is 2.18. The number of carbonyl (C=O) groups excluding carboxylic acids is 2. The topological polar surface area (TPSA) is 76.0 Å². The Morgan fingerprint density at radius 1 is 1.14 bits per heavy atom. The number of nitrogens with one attached hydrogen (secondary N) is 2. The summed E-state index contributed by atoms with van der Waals surface area (Å²) in [7, 11) is 1.58. The molecule has 0 unspecified atom stereocenters. The van der Waals surface area contributed by atoms with Gasteiger partial charge in [-0.1, -0.05) is 18.2 Å². The van der Waals surface area contributed by atoms with Crippen LogP contribution in [0.3, 0.4) is 0 Å². The third-order valence-corrected chi connectivity index (χ3v) is 4.73. The first-order chi connectivity index (χ1) is 13.7. The van der Waals surface area contributed by atoms with Crippen molar-refractivity contribution in [3.63, 3.8) is 0 Å². The van der Waals surface area contributed by atoms with Gasteiger partial charge in [-0.25, -0.2) is 4.98 Å². The number of anilines is 2. The Hall–Kier alpha value is -2.93. The molecule has 3 rings (SSSR count). The lowest BCUT2D eigenvalue weighted by Crippen LogP contribution is -2.42. The van der Waals surface area contributed by atoms with Gasteiger partial charge < -0.3 is 10.1 Å². The highest BCUT2D eigenvalue weighted by molar-refractivity contribution is 6.08. The molecule has 2 amide bonds. The number of methoxy groups -OCH3 is 1. The summed E-state index contributed by atoms with van der Waals surface area (Å²) >= 11 is 0. The molecule has 0 bridgehead atoms. The van der Waals surface area contributed by atoms with Gasteiger partial charge in [-0.15, -0.1) is 0 Å². The second kappa shape index (κ2) is 9.85. The lowest BCUT2D eigenvalue weighted by Gasteiger charge is -2.22. The standard InChI is InChI=1S/C21H26N4O3/c1-28-14-11-22-20(26)16-25(18-7-3-2-4-8-18)21(27)17-9-10-19(23-15-17)24-12-5-6-13-24/h2-4,7-10,15H,5-6,11-14,16H2,1H3,(H,22,26)/p+1. The maximum absolute atomic E-state index is 13.1. The molecule has 0 spiro atoms. The fourth-order valence-electron chi connectivity index (χ4n) is 3.24. The Morgan fingerprint density at radius 2 is 1.89 bits per heavy atom. The molecule has 2 N–H and O–H groups in total. The van der Waals surface area contributed by atoms with Crippen LogP contribution in [0, 0.1) is 0 Å². The van der Waals surface area contributed by atoms with Crippen molar-refractivity contribution >= 4 is 23.3 Å². The number of ether oxygens (including phenoxy) is 1. The van der Waals surface area contributed by atoms with Crippen molar-refractivity contribution < 1.29 is 19.3 Å². The van der Waals surface area contributed by atoms with Gasteiger partial charge in [0, 0.05) is 25.4 Å². The molecular formula is C21H27N4O3+. The maximum atomic E-state index is 13.1. The van der Waals surface area contributed by atoms with Gasteiger partial charge in [-0.2, -0.15) is 0 Å². The Kier molecular flexibility index (Phi) is 6.97. The van der Waals surface area contributed by atoms with Gasteiger partial charge in [-0.05, 0) is 31.0 Å². The number of nitrogens with zero attached hydrogens (tertiary/aromatic N) is 2. The fourth-order valence-corrected chi connectivity index (χ4v) is 3.24. The van der Waals surface area contributed by atoms with E-state index in [-0.39, 0.29) is 18.4 Å². The highest BCUT2D eigenvalue weighted by Gasteiger charge is 2.24. The van der Waals surface area contributed by atoms with E-state index >= 15 is 0 Å². The molecule has 28 heavy (non-hydrogen) atoms. The number of rotatable bonds is 8. The highest BCUT2D eigenvalue weighted by atomic mass is 16.5. The van der Waals surface area contributed by atoms with Crippen LogP contribution in [0.1, 0.15) is 23.2 Å². The van der Waals surface area contributed by atoms with E-state index in [4.69, 9.17) is 4.74 Å². The summed E-state index contributed by atoms with van der Waals surface area (Å²) in [6.45, 7) is 2.84. The van der Waals surface area contributed by atoms with E-state index < -0.39 is 0 Å². The zero-order chi connectivity index (χ0) is 19.8. The molecule has 7 heteroatoms. The number of carbonyl (C=O) groups is 2. The molecule has 7 nitrogen and oxygen atoms in total. The van der Waals surface area contributed by atoms with Gasteiger partial charge in [0.05, 0.1) is 25.3 Å². The third-order valence-electron chi connectivity index (χ3n) is 4.73. The summed E-state index contributed by atoms with van der Waals surface area (Å²) in [5, 5.41) is 2.76. The molecule has 148 valence electrons. The molecule has 1 aromatic heterocycles. The number of hydrogen-bond acceptors (Lipinski definition) is 4. The Morgan fingerprint density at radius 3 is 2.54 bits per heavy atom. The quantitative estimate of drug-likeness (QED) is 0.701.